The van der Waals surface area contributed by atoms with Crippen LogP contribution in [0.3, 0.4) is 0 Å². The average Bonchev–Trinajstić information content (AvgIpc) is 2.97. The lowest BCUT2D eigenvalue weighted by Gasteiger charge is -2.19. The van der Waals surface area contributed by atoms with Crippen LogP contribution in [0.4, 0.5) is 4.79 Å². The van der Waals surface area contributed by atoms with Crippen molar-refractivity contribution in [2.24, 2.45) is 11.8 Å². The molecule has 168 valence electrons. The zero-order chi connectivity index (χ0) is 21.5. The predicted octanol–water partition coefficient (Wildman–Crippen LogP) is 3.70. The fourth-order valence-electron chi connectivity index (χ4n) is 3.81. The van der Waals surface area contributed by atoms with Crippen LogP contribution in [0.15, 0.2) is 24.3 Å². The van der Waals surface area contributed by atoms with Gasteiger partial charge in [-0.2, -0.15) is 0 Å². The zero-order valence-electron chi connectivity index (χ0n) is 18.1. The number of nitrogens with one attached hydrogen (secondary N) is 1. The number of hydrogen-bond acceptors (Lipinski definition) is 5. The second-order valence-electron chi connectivity index (χ2n) is 8.00. The van der Waals surface area contributed by atoms with Gasteiger partial charge in [-0.3, -0.25) is 0 Å². The molecule has 1 saturated carbocycles. The number of hydrogen-bond donors (Lipinski definition) is 4. The van der Waals surface area contributed by atoms with Crippen LogP contribution in [0.5, 0.6) is 0 Å². The number of amides is 1. The molecule has 0 bridgehead atoms. The number of rotatable bonds is 14. The van der Waals surface area contributed by atoms with Gasteiger partial charge in [0.2, 0.25) is 0 Å². The Morgan fingerprint density at radius 2 is 1.93 bits per heavy atom. The van der Waals surface area contributed by atoms with Crippen LogP contribution in [0, 0.1) is 11.8 Å². The Labute approximate surface area is 176 Å². The summed E-state index contributed by atoms with van der Waals surface area (Å²) in [6, 6.07) is 0. The zero-order valence-corrected chi connectivity index (χ0v) is 18.1. The minimum atomic E-state index is -0.553. The van der Waals surface area contributed by atoms with Crippen molar-refractivity contribution in [2.75, 3.05) is 13.7 Å². The molecule has 29 heavy (non-hydrogen) atoms. The van der Waals surface area contributed by atoms with Gasteiger partial charge in [-0.05, 0) is 44.4 Å². The molecule has 1 fully saturated rings. The predicted molar refractivity (Wildman–Crippen MR) is 116 cm³/mol. The number of aliphatic hydroxyl groups is 3. The smallest absolute Gasteiger partial charge is 0.406 e. The van der Waals surface area contributed by atoms with Gasteiger partial charge in [0.05, 0.1) is 24.9 Å². The molecule has 0 radical (unpaired) electrons. The van der Waals surface area contributed by atoms with Gasteiger partial charge in [0.25, 0.3) is 0 Å². The molecule has 6 nitrogen and oxygen atoms in total. The number of allylic oxidation sites excluding steroid dienone is 2. The Morgan fingerprint density at radius 1 is 1.14 bits per heavy atom. The van der Waals surface area contributed by atoms with Crippen LogP contribution in [0.25, 0.3) is 0 Å². The van der Waals surface area contributed by atoms with E-state index in [2.05, 4.69) is 24.4 Å². The van der Waals surface area contributed by atoms with Crippen molar-refractivity contribution in [2.45, 2.75) is 89.4 Å². The van der Waals surface area contributed by atoms with E-state index in [4.69, 9.17) is 4.74 Å². The van der Waals surface area contributed by atoms with Crippen LogP contribution in [-0.2, 0) is 4.74 Å². The molecule has 0 heterocycles. The van der Waals surface area contributed by atoms with Crippen molar-refractivity contribution in [1.82, 2.24) is 5.32 Å². The standard InChI is InChI=1S/C23H41NO5/c1-3-4-9-12-18(25)14-15-20-19(21(26)17-22(20)27)13-10-7-5-6-8-11-16-29-23(28)24-2/h7,10,14-15,18-22,25-27H,3-6,8-9,11-13,16-17H2,1-2H3,(H,24,28)/t18-,19+,20+,21-,22+/m0/s1. The fraction of sp³-hybridized carbons (Fsp3) is 0.783. The maximum absolute atomic E-state index is 10.9. The Balaban J connectivity index is 2.30. The molecular formula is C23H41NO5. The van der Waals surface area contributed by atoms with Gasteiger partial charge in [-0.1, -0.05) is 50.5 Å². The van der Waals surface area contributed by atoms with Gasteiger partial charge in [0.1, 0.15) is 0 Å². The highest BCUT2D eigenvalue weighted by atomic mass is 16.5. The van der Waals surface area contributed by atoms with Crippen molar-refractivity contribution >= 4 is 6.09 Å². The summed E-state index contributed by atoms with van der Waals surface area (Å²) in [7, 11) is 1.55. The summed E-state index contributed by atoms with van der Waals surface area (Å²) in [5.41, 5.74) is 0. The Morgan fingerprint density at radius 3 is 2.66 bits per heavy atom. The number of ether oxygens (including phenoxy) is 1. The van der Waals surface area contributed by atoms with Crippen LogP contribution in [0.2, 0.25) is 0 Å². The average molecular weight is 412 g/mol. The van der Waals surface area contributed by atoms with Gasteiger partial charge in [-0.15, -0.1) is 0 Å². The second-order valence-corrected chi connectivity index (χ2v) is 8.00. The quantitative estimate of drug-likeness (QED) is 0.258. The van der Waals surface area contributed by atoms with E-state index in [0.717, 1.165) is 57.8 Å². The molecule has 1 aliphatic carbocycles. The van der Waals surface area contributed by atoms with Crippen molar-refractivity contribution in [3.63, 3.8) is 0 Å². The molecule has 1 rings (SSSR count). The third kappa shape index (κ3) is 10.8. The highest BCUT2D eigenvalue weighted by molar-refractivity contribution is 5.66. The second kappa shape index (κ2) is 15.5. The lowest BCUT2D eigenvalue weighted by Crippen LogP contribution is -2.20. The largest absolute Gasteiger partial charge is 0.450 e. The highest BCUT2D eigenvalue weighted by Crippen LogP contribution is 2.36. The molecule has 5 atom stereocenters. The lowest BCUT2D eigenvalue weighted by molar-refractivity contribution is 0.120. The molecule has 0 saturated heterocycles. The maximum Gasteiger partial charge on any atom is 0.406 e. The topological polar surface area (TPSA) is 99.0 Å². The summed E-state index contributed by atoms with van der Waals surface area (Å²) in [5, 5.41) is 33.1. The van der Waals surface area contributed by atoms with Crippen molar-refractivity contribution in [3.05, 3.63) is 24.3 Å². The first-order valence-corrected chi connectivity index (χ1v) is 11.2. The molecule has 0 aromatic carbocycles. The van der Waals surface area contributed by atoms with Crippen LogP contribution < -0.4 is 5.32 Å². The van der Waals surface area contributed by atoms with E-state index in [1.165, 1.54) is 0 Å². The molecule has 0 spiro atoms. The molecule has 0 aliphatic heterocycles. The van der Waals surface area contributed by atoms with Crippen LogP contribution in [0.1, 0.15) is 71.1 Å². The molecule has 0 unspecified atom stereocenters. The van der Waals surface area contributed by atoms with E-state index in [1.807, 2.05) is 6.08 Å². The van der Waals surface area contributed by atoms with E-state index < -0.39 is 18.3 Å². The Kier molecular flexibility index (Phi) is 13.7. The normalized spacial score (nSPS) is 25.7. The Bertz CT molecular complexity index is 494. The first-order valence-electron chi connectivity index (χ1n) is 11.2. The summed E-state index contributed by atoms with van der Waals surface area (Å²) >= 11 is 0. The maximum atomic E-state index is 10.9. The minimum Gasteiger partial charge on any atom is -0.450 e. The summed E-state index contributed by atoms with van der Waals surface area (Å²) in [4.78, 5) is 10.9. The minimum absolute atomic E-state index is 0.0127. The van der Waals surface area contributed by atoms with Gasteiger partial charge in [0.15, 0.2) is 0 Å². The van der Waals surface area contributed by atoms with E-state index in [0.29, 0.717) is 13.0 Å². The van der Waals surface area contributed by atoms with E-state index in [1.54, 1.807) is 13.1 Å². The monoisotopic (exact) mass is 411 g/mol. The SMILES string of the molecule is CCCCC[C@H](O)C=C[C@@H]1[C@@H](CC=CCCCCCOC(=O)NC)[C@@H](O)C[C@H]1O. The van der Waals surface area contributed by atoms with Gasteiger partial charge >= 0.3 is 6.09 Å². The Hall–Kier alpha value is -1.37. The summed E-state index contributed by atoms with van der Waals surface area (Å²) < 4.78 is 4.94. The van der Waals surface area contributed by atoms with Gasteiger partial charge in [-0.25, -0.2) is 4.79 Å². The molecule has 6 heteroatoms. The summed E-state index contributed by atoms with van der Waals surface area (Å²) in [5.74, 6) is -0.126. The van der Waals surface area contributed by atoms with Crippen LogP contribution >= 0.6 is 0 Å². The summed E-state index contributed by atoms with van der Waals surface area (Å²) in [6.45, 7) is 2.58. The highest BCUT2D eigenvalue weighted by Gasteiger charge is 2.39. The summed E-state index contributed by atoms with van der Waals surface area (Å²) in [6.07, 6.45) is 14.9. The third-order valence-corrected chi connectivity index (χ3v) is 5.60. The van der Waals surface area contributed by atoms with Gasteiger partial charge in [0, 0.05) is 19.4 Å². The molecule has 0 aromatic heterocycles. The van der Waals surface area contributed by atoms with Crippen molar-refractivity contribution < 1.29 is 24.9 Å². The molecule has 4 N–H and O–H groups in total. The first-order chi connectivity index (χ1) is 14.0. The first kappa shape index (κ1) is 25.7. The molecule has 0 aromatic rings. The van der Waals surface area contributed by atoms with Crippen molar-refractivity contribution in [1.29, 1.82) is 0 Å². The fourth-order valence-corrected chi connectivity index (χ4v) is 3.81. The number of carbonyl (C=O) groups is 1. The molecular weight excluding hydrogens is 370 g/mol. The number of alkyl carbamates (subject to hydrolysis) is 1. The van der Waals surface area contributed by atoms with Crippen LogP contribution in [-0.4, -0.2) is 53.4 Å². The van der Waals surface area contributed by atoms with E-state index >= 15 is 0 Å². The van der Waals surface area contributed by atoms with Crippen molar-refractivity contribution in [3.8, 4) is 0 Å². The van der Waals surface area contributed by atoms with E-state index in [9.17, 15) is 20.1 Å². The van der Waals surface area contributed by atoms with E-state index in [-0.39, 0.29) is 17.9 Å². The van der Waals surface area contributed by atoms with Gasteiger partial charge < -0.3 is 25.4 Å². The lowest BCUT2D eigenvalue weighted by atomic mass is 9.89. The molecule has 1 amide bonds. The number of carbonyl (C=O) groups excluding carboxylic acids is 1. The molecule has 1 aliphatic rings. The number of aliphatic hydroxyl groups excluding tert-OH is 3. The third-order valence-electron chi connectivity index (χ3n) is 5.60. The number of unbranched alkanes of at least 4 members (excludes halogenated alkanes) is 5.